The molecule has 8 heteroatoms. The molecule has 0 aliphatic heterocycles. The van der Waals surface area contributed by atoms with Gasteiger partial charge in [0.15, 0.2) is 6.29 Å². The zero-order valence-electron chi connectivity index (χ0n) is 12.4. The first-order chi connectivity index (χ1) is 11.3. The van der Waals surface area contributed by atoms with Gasteiger partial charge in [0.1, 0.15) is 5.15 Å². The van der Waals surface area contributed by atoms with E-state index in [1.54, 1.807) is 36.0 Å². The summed E-state index contributed by atoms with van der Waals surface area (Å²) < 4.78 is 41.1. The molecule has 4 nitrogen and oxygen atoms in total. The van der Waals surface area contributed by atoms with Gasteiger partial charge >= 0.3 is 6.18 Å². The summed E-state index contributed by atoms with van der Waals surface area (Å²) in [6.07, 6.45) is -1.51. The number of fused-ring (bicyclic) bond motifs is 1. The van der Waals surface area contributed by atoms with Crippen LogP contribution in [0.2, 0.25) is 5.15 Å². The van der Waals surface area contributed by atoms with Crippen LogP contribution >= 0.6 is 11.6 Å². The van der Waals surface area contributed by atoms with E-state index in [4.69, 9.17) is 11.6 Å². The van der Waals surface area contributed by atoms with Crippen LogP contribution in [0.3, 0.4) is 0 Å². The molecule has 0 unspecified atom stereocenters. The van der Waals surface area contributed by atoms with Crippen molar-refractivity contribution in [2.45, 2.75) is 6.18 Å². The molecule has 0 saturated heterocycles. The first kappa shape index (κ1) is 16.3. The lowest BCUT2D eigenvalue weighted by Gasteiger charge is -2.15. The fraction of sp³-hybridized carbons (Fsp3) is 0.125. The third-order valence-corrected chi connectivity index (χ3v) is 3.83. The van der Waals surface area contributed by atoms with Crippen LogP contribution in [0.1, 0.15) is 16.1 Å². The predicted octanol–water partition coefficient (Wildman–Crippen LogP) is 4.80. The SMILES string of the molecule is Cn1cc2cccc(Nc3cc(Cl)ncc3C(F)(F)F)c2c1C=O. The van der Waals surface area contributed by atoms with E-state index in [2.05, 4.69) is 10.3 Å². The predicted molar refractivity (Wildman–Crippen MR) is 85.8 cm³/mol. The lowest BCUT2D eigenvalue weighted by molar-refractivity contribution is -0.137. The Balaban J connectivity index is 2.18. The van der Waals surface area contributed by atoms with Gasteiger partial charge in [-0.15, -0.1) is 0 Å². The number of carbonyl (C=O) groups excluding carboxylic acids is 1. The largest absolute Gasteiger partial charge is 0.419 e. The Morgan fingerprint density at radius 2 is 2.04 bits per heavy atom. The maximum absolute atomic E-state index is 13.2. The Kier molecular flexibility index (Phi) is 3.96. The third-order valence-electron chi connectivity index (χ3n) is 3.62. The molecule has 24 heavy (non-hydrogen) atoms. The van der Waals surface area contributed by atoms with Gasteiger partial charge in [-0.3, -0.25) is 4.79 Å². The third kappa shape index (κ3) is 2.82. The van der Waals surface area contributed by atoms with Gasteiger partial charge in [-0.25, -0.2) is 4.98 Å². The summed E-state index contributed by atoms with van der Waals surface area (Å²) >= 11 is 5.74. The minimum absolute atomic E-state index is 0.0682. The average Bonchev–Trinajstić information content (AvgIpc) is 2.82. The van der Waals surface area contributed by atoms with E-state index in [0.29, 0.717) is 29.3 Å². The summed E-state index contributed by atoms with van der Waals surface area (Å²) in [7, 11) is 1.69. The van der Waals surface area contributed by atoms with Gasteiger partial charge in [0.2, 0.25) is 0 Å². The van der Waals surface area contributed by atoms with Crippen LogP contribution < -0.4 is 5.32 Å². The number of nitrogens with zero attached hydrogens (tertiary/aromatic N) is 2. The lowest BCUT2D eigenvalue weighted by atomic mass is 10.1. The van der Waals surface area contributed by atoms with E-state index in [9.17, 15) is 18.0 Å². The van der Waals surface area contributed by atoms with Crippen molar-refractivity contribution in [3.05, 3.63) is 53.1 Å². The molecule has 124 valence electrons. The smallest absolute Gasteiger partial charge is 0.354 e. The number of carbonyl (C=O) groups is 1. The van der Waals surface area contributed by atoms with Crippen LogP contribution in [-0.2, 0) is 13.2 Å². The van der Waals surface area contributed by atoms with Gasteiger partial charge < -0.3 is 9.88 Å². The highest BCUT2D eigenvalue weighted by Gasteiger charge is 2.34. The number of hydrogen-bond donors (Lipinski definition) is 1. The van der Waals surface area contributed by atoms with Gasteiger partial charge in [-0.05, 0) is 12.1 Å². The zero-order valence-corrected chi connectivity index (χ0v) is 13.1. The Labute approximate surface area is 139 Å². The Morgan fingerprint density at radius 3 is 2.71 bits per heavy atom. The maximum Gasteiger partial charge on any atom is 0.419 e. The van der Waals surface area contributed by atoms with E-state index in [0.717, 1.165) is 11.5 Å². The molecule has 1 N–H and O–H groups in total. The maximum atomic E-state index is 13.2. The Hall–Kier alpha value is -2.54. The number of hydrogen-bond acceptors (Lipinski definition) is 3. The molecule has 2 aromatic heterocycles. The molecule has 0 bridgehead atoms. The van der Waals surface area contributed by atoms with Crippen molar-refractivity contribution in [3.8, 4) is 0 Å². The van der Waals surface area contributed by atoms with E-state index in [1.807, 2.05) is 0 Å². The number of pyridine rings is 1. The summed E-state index contributed by atoms with van der Waals surface area (Å²) in [5, 5.41) is 3.94. The molecule has 0 fully saturated rings. The highest BCUT2D eigenvalue weighted by Crippen LogP contribution is 2.38. The number of nitrogens with one attached hydrogen (secondary N) is 1. The monoisotopic (exact) mass is 353 g/mol. The summed E-state index contributed by atoms with van der Waals surface area (Å²) in [5.41, 5.74) is -0.423. The van der Waals surface area contributed by atoms with Gasteiger partial charge in [0, 0.05) is 35.9 Å². The second-order valence-corrected chi connectivity index (χ2v) is 5.58. The molecule has 0 saturated carbocycles. The molecule has 0 amide bonds. The van der Waals surface area contributed by atoms with Crippen molar-refractivity contribution in [3.63, 3.8) is 0 Å². The topological polar surface area (TPSA) is 46.9 Å². The van der Waals surface area contributed by atoms with Crippen molar-refractivity contribution < 1.29 is 18.0 Å². The molecule has 0 radical (unpaired) electrons. The van der Waals surface area contributed by atoms with Crippen LogP contribution in [-0.4, -0.2) is 15.8 Å². The highest BCUT2D eigenvalue weighted by atomic mass is 35.5. The molecule has 0 spiro atoms. The zero-order chi connectivity index (χ0) is 17.5. The highest BCUT2D eigenvalue weighted by molar-refractivity contribution is 6.29. The number of aromatic nitrogens is 2. The van der Waals surface area contributed by atoms with E-state index < -0.39 is 11.7 Å². The van der Waals surface area contributed by atoms with Gasteiger partial charge in [-0.2, -0.15) is 13.2 Å². The van der Waals surface area contributed by atoms with Crippen molar-refractivity contribution in [2.24, 2.45) is 7.05 Å². The fourth-order valence-electron chi connectivity index (χ4n) is 2.57. The minimum Gasteiger partial charge on any atom is -0.354 e. The molecule has 3 rings (SSSR count). The number of benzene rings is 1. The number of halogens is 4. The van der Waals surface area contributed by atoms with Crippen molar-refractivity contribution in [1.29, 1.82) is 0 Å². The molecule has 1 aromatic carbocycles. The van der Waals surface area contributed by atoms with Gasteiger partial charge in [0.25, 0.3) is 0 Å². The molecule has 0 aliphatic carbocycles. The Bertz CT molecular complexity index is 934. The van der Waals surface area contributed by atoms with Crippen LogP contribution in [0.5, 0.6) is 0 Å². The van der Waals surface area contributed by atoms with Gasteiger partial charge in [-0.1, -0.05) is 23.7 Å². The molecular weight excluding hydrogens is 343 g/mol. The standard InChI is InChI=1S/C16H11ClF3N3O/c1-23-7-9-3-2-4-11(15(9)13(23)8-24)22-12-5-14(17)21-6-10(12)16(18,19)20/h2-8H,1H3,(H,21,22). The second kappa shape index (κ2) is 5.83. The first-order valence-electron chi connectivity index (χ1n) is 6.84. The number of anilines is 2. The number of rotatable bonds is 3. The molecule has 0 atom stereocenters. The quantitative estimate of drug-likeness (QED) is 0.543. The van der Waals surface area contributed by atoms with Crippen LogP contribution in [0.15, 0.2) is 36.7 Å². The average molecular weight is 354 g/mol. The molecule has 0 aliphatic rings. The minimum atomic E-state index is -4.59. The number of aryl methyl sites for hydroxylation is 1. The van der Waals surface area contributed by atoms with Crippen molar-refractivity contribution >= 4 is 40.0 Å². The van der Waals surface area contributed by atoms with Crippen LogP contribution in [0.25, 0.3) is 10.8 Å². The van der Waals surface area contributed by atoms with Crippen molar-refractivity contribution in [1.82, 2.24) is 9.55 Å². The normalized spacial score (nSPS) is 11.7. The number of aldehydes is 1. The van der Waals surface area contributed by atoms with Crippen LogP contribution in [0, 0.1) is 0 Å². The van der Waals surface area contributed by atoms with E-state index in [-0.39, 0.29) is 10.8 Å². The number of alkyl halides is 3. The van der Waals surface area contributed by atoms with Gasteiger partial charge in [0.05, 0.1) is 16.9 Å². The molecular formula is C16H11ClF3N3O. The molecule has 3 aromatic rings. The van der Waals surface area contributed by atoms with Crippen LogP contribution in [0.4, 0.5) is 24.5 Å². The van der Waals surface area contributed by atoms with Crippen molar-refractivity contribution in [2.75, 3.05) is 5.32 Å². The second-order valence-electron chi connectivity index (χ2n) is 5.19. The lowest BCUT2D eigenvalue weighted by Crippen LogP contribution is -2.09. The van der Waals surface area contributed by atoms with E-state index in [1.165, 1.54) is 0 Å². The first-order valence-corrected chi connectivity index (χ1v) is 7.22. The fourth-order valence-corrected chi connectivity index (χ4v) is 2.73. The summed E-state index contributed by atoms with van der Waals surface area (Å²) in [5.74, 6) is 0. The summed E-state index contributed by atoms with van der Waals surface area (Å²) in [6.45, 7) is 0. The summed E-state index contributed by atoms with van der Waals surface area (Å²) in [4.78, 5) is 14.8. The molecule has 2 heterocycles. The van der Waals surface area contributed by atoms with E-state index >= 15 is 0 Å². The summed E-state index contributed by atoms with van der Waals surface area (Å²) in [6, 6.07) is 6.17. The Morgan fingerprint density at radius 1 is 1.29 bits per heavy atom.